The number of methoxy groups -OCH3 is 1. The van der Waals surface area contributed by atoms with Gasteiger partial charge in [0.05, 0.1) is 29.8 Å². The highest BCUT2D eigenvalue weighted by atomic mass is 16.6. The molecule has 0 bridgehead atoms. The van der Waals surface area contributed by atoms with Crippen molar-refractivity contribution in [2.45, 2.75) is 26.1 Å². The van der Waals surface area contributed by atoms with Gasteiger partial charge in [-0.3, -0.25) is 14.9 Å². The molecule has 0 radical (unpaired) electrons. The van der Waals surface area contributed by atoms with Crippen LogP contribution in [-0.4, -0.2) is 60.7 Å². The second kappa shape index (κ2) is 7.93. The number of rotatable bonds is 5. The fraction of sp³-hybridized carbons (Fsp3) is 0.500. The van der Waals surface area contributed by atoms with Gasteiger partial charge in [0.1, 0.15) is 0 Å². The molecule has 0 spiro atoms. The molecule has 1 fully saturated rings. The van der Waals surface area contributed by atoms with Crippen LogP contribution in [0, 0.1) is 10.1 Å². The molecule has 1 aliphatic heterocycles. The lowest BCUT2D eigenvalue weighted by Gasteiger charge is -2.35. The van der Waals surface area contributed by atoms with Gasteiger partial charge in [-0.25, -0.2) is 4.79 Å². The zero-order valence-electron chi connectivity index (χ0n) is 14.3. The molecule has 0 aliphatic carbocycles. The summed E-state index contributed by atoms with van der Waals surface area (Å²) in [5, 5.41) is 11.0. The average Bonchev–Trinajstić information content (AvgIpc) is 2.57. The van der Waals surface area contributed by atoms with E-state index in [0.717, 1.165) is 6.07 Å². The summed E-state index contributed by atoms with van der Waals surface area (Å²) in [5.74, 6) is -1.11. The van der Waals surface area contributed by atoms with Crippen LogP contribution in [-0.2, 0) is 14.3 Å². The molecule has 2 atom stereocenters. The van der Waals surface area contributed by atoms with E-state index in [2.05, 4.69) is 0 Å². The van der Waals surface area contributed by atoms with Crippen molar-refractivity contribution in [2.24, 2.45) is 0 Å². The Labute approximate surface area is 144 Å². The number of hydrogen-bond acceptors (Lipinski definition) is 7. The van der Waals surface area contributed by atoms with E-state index < -0.39 is 17.5 Å². The summed E-state index contributed by atoms with van der Waals surface area (Å²) in [4.78, 5) is 36.1. The predicted octanol–water partition coefficient (Wildman–Crippen LogP) is 1.40. The Kier molecular flexibility index (Phi) is 5.92. The standard InChI is InChI=1S/C16H20N2O7/c1-10-7-17(8-11(2)25-10)15(19)9-24-16(20)12-4-5-14(23-3)13(6-12)18(21)22/h4-6,10-11H,7-9H2,1-3H3/t10-,11-/m0/s1. The van der Waals surface area contributed by atoms with Crippen molar-refractivity contribution < 1.29 is 28.7 Å². The number of carbonyl (C=O) groups is 2. The van der Waals surface area contributed by atoms with Crippen LogP contribution < -0.4 is 4.74 Å². The van der Waals surface area contributed by atoms with Crippen LogP contribution >= 0.6 is 0 Å². The topological polar surface area (TPSA) is 108 Å². The van der Waals surface area contributed by atoms with E-state index in [1.807, 2.05) is 13.8 Å². The Morgan fingerprint density at radius 3 is 2.52 bits per heavy atom. The second-order valence-corrected chi connectivity index (χ2v) is 5.78. The SMILES string of the molecule is COc1ccc(C(=O)OCC(=O)N2C[C@H](C)O[C@@H](C)C2)cc1[N+](=O)[O-]. The smallest absolute Gasteiger partial charge is 0.338 e. The first-order valence-electron chi connectivity index (χ1n) is 7.74. The van der Waals surface area contributed by atoms with Crippen LogP contribution in [0.25, 0.3) is 0 Å². The van der Waals surface area contributed by atoms with E-state index in [9.17, 15) is 19.7 Å². The summed E-state index contributed by atoms with van der Waals surface area (Å²) in [5.41, 5.74) is -0.372. The minimum Gasteiger partial charge on any atom is -0.490 e. The molecule has 25 heavy (non-hydrogen) atoms. The van der Waals surface area contributed by atoms with Crippen molar-refractivity contribution >= 4 is 17.6 Å². The molecule has 0 saturated carbocycles. The fourth-order valence-electron chi connectivity index (χ4n) is 2.64. The fourth-order valence-corrected chi connectivity index (χ4v) is 2.64. The zero-order valence-corrected chi connectivity index (χ0v) is 14.3. The van der Waals surface area contributed by atoms with Gasteiger partial charge in [-0.1, -0.05) is 0 Å². The maximum absolute atomic E-state index is 12.2. The van der Waals surface area contributed by atoms with E-state index in [1.54, 1.807) is 4.90 Å². The number of nitro groups is 1. The number of ether oxygens (including phenoxy) is 3. The molecule has 0 N–H and O–H groups in total. The normalized spacial score (nSPS) is 20.0. The first-order chi connectivity index (χ1) is 11.8. The molecule has 0 unspecified atom stereocenters. The molecule has 1 saturated heterocycles. The Morgan fingerprint density at radius 1 is 1.32 bits per heavy atom. The Morgan fingerprint density at radius 2 is 1.96 bits per heavy atom. The lowest BCUT2D eigenvalue weighted by Crippen LogP contribution is -2.49. The molecule has 1 aromatic carbocycles. The van der Waals surface area contributed by atoms with Crippen LogP contribution in [0.15, 0.2) is 18.2 Å². The van der Waals surface area contributed by atoms with Gasteiger partial charge in [0.15, 0.2) is 12.4 Å². The summed E-state index contributed by atoms with van der Waals surface area (Å²) >= 11 is 0. The molecule has 9 heteroatoms. The lowest BCUT2D eigenvalue weighted by molar-refractivity contribution is -0.385. The number of nitrogens with zero attached hydrogens (tertiary/aromatic N) is 2. The maximum atomic E-state index is 12.2. The van der Waals surface area contributed by atoms with Crippen molar-refractivity contribution in [1.29, 1.82) is 0 Å². The number of esters is 1. The summed E-state index contributed by atoms with van der Waals surface area (Å²) < 4.78 is 15.4. The Bertz CT molecular complexity index is 666. The summed E-state index contributed by atoms with van der Waals surface area (Å²) in [7, 11) is 1.29. The minimum atomic E-state index is -0.812. The van der Waals surface area contributed by atoms with Crippen molar-refractivity contribution in [3.8, 4) is 5.75 Å². The van der Waals surface area contributed by atoms with Crippen molar-refractivity contribution in [2.75, 3.05) is 26.8 Å². The minimum absolute atomic E-state index is 0.0241. The lowest BCUT2D eigenvalue weighted by atomic mass is 10.2. The van der Waals surface area contributed by atoms with E-state index in [1.165, 1.54) is 19.2 Å². The van der Waals surface area contributed by atoms with Crippen LogP contribution in [0.2, 0.25) is 0 Å². The van der Waals surface area contributed by atoms with E-state index in [-0.39, 0.29) is 35.1 Å². The molecule has 0 aromatic heterocycles. The zero-order chi connectivity index (χ0) is 18.6. The van der Waals surface area contributed by atoms with Crippen LogP contribution in [0.5, 0.6) is 5.75 Å². The highest BCUT2D eigenvalue weighted by Crippen LogP contribution is 2.27. The molecule has 1 aliphatic rings. The average molecular weight is 352 g/mol. The summed E-state index contributed by atoms with van der Waals surface area (Å²) in [6.45, 7) is 4.14. The van der Waals surface area contributed by atoms with Gasteiger partial charge in [-0.2, -0.15) is 0 Å². The van der Waals surface area contributed by atoms with Crippen molar-refractivity contribution in [3.63, 3.8) is 0 Å². The highest BCUT2D eigenvalue weighted by Gasteiger charge is 2.27. The monoisotopic (exact) mass is 352 g/mol. The molecule has 9 nitrogen and oxygen atoms in total. The first-order valence-corrected chi connectivity index (χ1v) is 7.74. The number of benzene rings is 1. The third kappa shape index (κ3) is 4.66. The number of amides is 1. The van der Waals surface area contributed by atoms with Crippen LogP contribution in [0.4, 0.5) is 5.69 Å². The van der Waals surface area contributed by atoms with Gasteiger partial charge < -0.3 is 19.1 Å². The van der Waals surface area contributed by atoms with Crippen molar-refractivity contribution in [3.05, 3.63) is 33.9 Å². The largest absolute Gasteiger partial charge is 0.490 e. The van der Waals surface area contributed by atoms with Crippen molar-refractivity contribution in [1.82, 2.24) is 4.90 Å². The Balaban J connectivity index is 1.99. The van der Waals surface area contributed by atoms with Gasteiger partial charge in [-0.05, 0) is 26.0 Å². The molecule has 1 heterocycles. The summed E-state index contributed by atoms with van der Waals surface area (Å²) in [6.07, 6.45) is -0.180. The molecular weight excluding hydrogens is 332 g/mol. The quantitative estimate of drug-likeness (QED) is 0.447. The molecule has 1 aromatic rings. The highest BCUT2D eigenvalue weighted by molar-refractivity contribution is 5.92. The van der Waals surface area contributed by atoms with Gasteiger partial charge in [-0.15, -0.1) is 0 Å². The van der Waals surface area contributed by atoms with E-state index >= 15 is 0 Å². The number of carbonyl (C=O) groups excluding carboxylic acids is 2. The molecule has 136 valence electrons. The molecular formula is C16H20N2O7. The first kappa shape index (κ1) is 18.7. The van der Waals surface area contributed by atoms with Gasteiger partial charge in [0, 0.05) is 19.2 Å². The number of nitro benzene ring substituents is 1. The Hall–Kier alpha value is -2.68. The van der Waals surface area contributed by atoms with Crippen LogP contribution in [0.1, 0.15) is 24.2 Å². The van der Waals surface area contributed by atoms with E-state index in [0.29, 0.717) is 13.1 Å². The van der Waals surface area contributed by atoms with Gasteiger partial charge >= 0.3 is 11.7 Å². The van der Waals surface area contributed by atoms with E-state index in [4.69, 9.17) is 14.2 Å². The third-order valence-electron chi connectivity index (χ3n) is 3.71. The third-order valence-corrected chi connectivity index (χ3v) is 3.71. The second-order valence-electron chi connectivity index (χ2n) is 5.78. The predicted molar refractivity (Wildman–Crippen MR) is 86.5 cm³/mol. The van der Waals surface area contributed by atoms with Gasteiger partial charge in [0.25, 0.3) is 5.91 Å². The number of morpholine rings is 1. The van der Waals surface area contributed by atoms with Gasteiger partial charge in [0.2, 0.25) is 0 Å². The summed E-state index contributed by atoms with van der Waals surface area (Å²) in [6, 6.07) is 3.71. The molecule has 2 rings (SSSR count). The molecule has 1 amide bonds. The van der Waals surface area contributed by atoms with Crippen LogP contribution in [0.3, 0.4) is 0 Å². The maximum Gasteiger partial charge on any atom is 0.338 e. The number of hydrogen-bond donors (Lipinski definition) is 0.